The van der Waals surface area contributed by atoms with E-state index in [-0.39, 0.29) is 12.0 Å². The summed E-state index contributed by atoms with van der Waals surface area (Å²) in [5, 5.41) is 12.7. The van der Waals surface area contributed by atoms with Crippen LogP contribution in [0.5, 0.6) is 0 Å². The van der Waals surface area contributed by atoms with Gasteiger partial charge < -0.3 is 10.0 Å². The topological polar surface area (TPSA) is 75.4 Å². The van der Waals surface area contributed by atoms with Crippen molar-refractivity contribution < 1.29 is 9.90 Å². The number of aryl methyl sites for hydroxylation is 1. The lowest BCUT2D eigenvalue weighted by molar-refractivity contribution is -0.137. The van der Waals surface area contributed by atoms with E-state index in [0.29, 0.717) is 19.4 Å². The highest BCUT2D eigenvalue weighted by molar-refractivity contribution is 5.66. The quantitative estimate of drug-likeness (QED) is 0.798. The number of aliphatic carboxylic acids is 1. The molecule has 1 saturated heterocycles. The Morgan fingerprint density at radius 1 is 1.25 bits per heavy atom. The summed E-state index contributed by atoms with van der Waals surface area (Å²) in [5.41, 5.74) is 0.792. The molecular weight excluding hydrogens is 258 g/mol. The Kier molecular flexibility index (Phi) is 5.15. The second kappa shape index (κ2) is 7.07. The van der Waals surface area contributed by atoms with E-state index in [1.807, 2.05) is 0 Å². The maximum atomic E-state index is 12.0. The Morgan fingerprint density at radius 3 is 2.65 bits per heavy atom. The van der Waals surface area contributed by atoms with Gasteiger partial charge in [-0.3, -0.25) is 9.59 Å². The van der Waals surface area contributed by atoms with Gasteiger partial charge in [0.25, 0.3) is 5.56 Å². The molecule has 1 aliphatic heterocycles. The van der Waals surface area contributed by atoms with Gasteiger partial charge in [0, 0.05) is 32.1 Å². The molecule has 0 unspecified atom stereocenters. The Bertz CT molecular complexity index is 507. The number of hydrogen-bond acceptors (Lipinski definition) is 4. The summed E-state index contributed by atoms with van der Waals surface area (Å²) in [6, 6.07) is 1.63. The van der Waals surface area contributed by atoms with Crippen molar-refractivity contribution >= 4 is 11.7 Å². The zero-order chi connectivity index (χ0) is 14.4. The van der Waals surface area contributed by atoms with Gasteiger partial charge in [-0.1, -0.05) is 0 Å². The van der Waals surface area contributed by atoms with Crippen molar-refractivity contribution in [1.82, 2.24) is 9.78 Å². The molecule has 0 spiro atoms. The summed E-state index contributed by atoms with van der Waals surface area (Å²) in [4.78, 5) is 24.6. The van der Waals surface area contributed by atoms with E-state index in [0.717, 1.165) is 31.6 Å². The minimum atomic E-state index is -0.800. The van der Waals surface area contributed by atoms with Gasteiger partial charge >= 0.3 is 5.97 Å². The number of carboxylic acids is 1. The number of hydrogen-bond donors (Lipinski definition) is 1. The molecule has 6 nitrogen and oxygen atoms in total. The van der Waals surface area contributed by atoms with Crippen LogP contribution < -0.4 is 10.5 Å². The van der Waals surface area contributed by atoms with Crippen molar-refractivity contribution in [2.75, 3.05) is 18.0 Å². The first kappa shape index (κ1) is 14.6. The molecular formula is C14H21N3O3. The van der Waals surface area contributed by atoms with Gasteiger partial charge in [0.15, 0.2) is 0 Å². The minimum Gasteiger partial charge on any atom is -0.481 e. The molecule has 0 saturated carbocycles. The summed E-state index contributed by atoms with van der Waals surface area (Å²) in [6.45, 7) is 2.46. The first-order chi connectivity index (χ1) is 9.66. The van der Waals surface area contributed by atoms with Crippen LogP contribution in [0, 0.1) is 0 Å². The van der Waals surface area contributed by atoms with Crippen LogP contribution in [-0.2, 0) is 11.3 Å². The van der Waals surface area contributed by atoms with E-state index in [2.05, 4.69) is 10.00 Å². The molecule has 0 radical (unpaired) electrons. The Hall–Kier alpha value is -1.85. The fraction of sp³-hybridized carbons (Fsp3) is 0.643. The van der Waals surface area contributed by atoms with Gasteiger partial charge in [0.05, 0.1) is 11.9 Å². The number of carbonyl (C=O) groups is 1. The van der Waals surface area contributed by atoms with Crippen molar-refractivity contribution in [3.63, 3.8) is 0 Å². The highest BCUT2D eigenvalue weighted by Crippen LogP contribution is 2.16. The fourth-order valence-electron chi connectivity index (χ4n) is 2.45. The van der Waals surface area contributed by atoms with Crippen molar-refractivity contribution in [2.24, 2.45) is 0 Å². The molecule has 1 aromatic heterocycles. The van der Waals surface area contributed by atoms with E-state index in [4.69, 9.17) is 5.11 Å². The third-order valence-electron chi connectivity index (χ3n) is 3.59. The summed E-state index contributed by atoms with van der Waals surface area (Å²) in [6.07, 6.45) is 6.69. The molecule has 2 rings (SSSR count). The molecule has 0 amide bonds. The molecule has 6 heteroatoms. The Balaban J connectivity index is 1.91. The van der Waals surface area contributed by atoms with Crippen LogP contribution in [0.2, 0.25) is 0 Å². The number of carboxylic acid groups (broad SMARTS) is 1. The van der Waals surface area contributed by atoms with Gasteiger partial charge in [-0.2, -0.15) is 5.10 Å². The zero-order valence-electron chi connectivity index (χ0n) is 11.6. The second-order valence-corrected chi connectivity index (χ2v) is 5.17. The van der Waals surface area contributed by atoms with E-state index in [1.54, 1.807) is 12.3 Å². The van der Waals surface area contributed by atoms with Crippen molar-refractivity contribution in [1.29, 1.82) is 0 Å². The number of aromatic nitrogens is 2. The summed E-state index contributed by atoms with van der Waals surface area (Å²) in [7, 11) is 0. The van der Waals surface area contributed by atoms with Crippen LogP contribution in [0.4, 0.5) is 5.69 Å². The van der Waals surface area contributed by atoms with Gasteiger partial charge in [-0.05, 0) is 32.1 Å². The first-order valence-electron chi connectivity index (χ1n) is 7.21. The number of rotatable bonds is 6. The third kappa shape index (κ3) is 4.08. The third-order valence-corrected chi connectivity index (χ3v) is 3.59. The van der Waals surface area contributed by atoms with Crippen molar-refractivity contribution in [3.05, 3.63) is 22.6 Å². The predicted molar refractivity (Wildman–Crippen MR) is 76.0 cm³/mol. The molecule has 0 atom stereocenters. The lowest BCUT2D eigenvalue weighted by atomic mass is 10.1. The maximum Gasteiger partial charge on any atom is 0.303 e. The van der Waals surface area contributed by atoms with E-state index in [9.17, 15) is 9.59 Å². The summed E-state index contributed by atoms with van der Waals surface area (Å²) in [5.74, 6) is -0.800. The van der Waals surface area contributed by atoms with E-state index >= 15 is 0 Å². The van der Waals surface area contributed by atoms with E-state index < -0.39 is 5.97 Å². The number of nitrogens with zero attached hydrogens (tertiary/aromatic N) is 3. The SMILES string of the molecule is O=C(O)CCCCn1ncc(N2CCCCC2)cc1=O. The van der Waals surface area contributed by atoms with Crippen LogP contribution in [0.3, 0.4) is 0 Å². The van der Waals surface area contributed by atoms with Gasteiger partial charge in [0.2, 0.25) is 0 Å². The predicted octanol–water partition coefficient (Wildman–Crippen LogP) is 1.49. The summed E-state index contributed by atoms with van der Waals surface area (Å²) < 4.78 is 1.41. The Labute approximate surface area is 118 Å². The maximum absolute atomic E-state index is 12.0. The van der Waals surface area contributed by atoms with Crippen molar-refractivity contribution in [3.8, 4) is 0 Å². The van der Waals surface area contributed by atoms with Crippen LogP contribution in [0.1, 0.15) is 38.5 Å². The van der Waals surface area contributed by atoms with Gasteiger partial charge in [0.1, 0.15) is 0 Å². The van der Waals surface area contributed by atoms with Crippen molar-refractivity contribution in [2.45, 2.75) is 45.1 Å². The molecule has 1 aromatic rings. The van der Waals surface area contributed by atoms with Gasteiger partial charge in [-0.15, -0.1) is 0 Å². The first-order valence-corrected chi connectivity index (χ1v) is 7.21. The Morgan fingerprint density at radius 2 is 2.00 bits per heavy atom. The zero-order valence-corrected chi connectivity index (χ0v) is 11.6. The molecule has 20 heavy (non-hydrogen) atoms. The molecule has 0 aliphatic carbocycles. The molecule has 0 bridgehead atoms. The molecule has 1 fully saturated rings. The number of anilines is 1. The molecule has 110 valence electrons. The highest BCUT2D eigenvalue weighted by Gasteiger charge is 2.12. The smallest absolute Gasteiger partial charge is 0.303 e. The normalized spacial score (nSPS) is 15.3. The van der Waals surface area contributed by atoms with E-state index in [1.165, 1.54) is 11.1 Å². The van der Waals surface area contributed by atoms with Crippen LogP contribution >= 0.6 is 0 Å². The fourth-order valence-corrected chi connectivity index (χ4v) is 2.45. The summed E-state index contributed by atoms with van der Waals surface area (Å²) >= 11 is 0. The molecule has 2 heterocycles. The van der Waals surface area contributed by atoms with Crippen LogP contribution in [-0.4, -0.2) is 33.9 Å². The average molecular weight is 279 g/mol. The highest BCUT2D eigenvalue weighted by atomic mass is 16.4. The number of piperidine rings is 1. The molecule has 1 N–H and O–H groups in total. The minimum absolute atomic E-state index is 0.108. The largest absolute Gasteiger partial charge is 0.481 e. The molecule has 1 aliphatic rings. The number of unbranched alkanes of at least 4 members (excludes halogenated alkanes) is 1. The van der Waals surface area contributed by atoms with Gasteiger partial charge in [-0.25, -0.2) is 4.68 Å². The van der Waals surface area contributed by atoms with Crippen LogP contribution in [0.15, 0.2) is 17.1 Å². The molecule has 0 aromatic carbocycles. The lowest BCUT2D eigenvalue weighted by Gasteiger charge is -2.28. The average Bonchev–Trinajstić information content (AvgIpc) is 2.45. The monoisotopic (exact) mass is 279 g/mol. The standard InChI is InChI=1S/C14H21N3O3/c18-13-10-12(16-7-3-1-4-8-16)11-15-17(13)9-5-2-6-14(19)20/h10-11H,1-9H2,(H,19,20). The van der Waals surface area contributed by atoms with Crippen LogP contribution in [0.25, 0.3) is 0 Å². The second-order valence-electron chi connectivity index (χ2n) is 5.17. The lowest BCUT2D eigenvalue weighted by Crippen LogP contribution is -2.32.